The molecule has 82 valence electrons. The van der Waals surface area contributed by atoms with E-state index in [1.54, 1.807) is 0 Å². The summed E-state index contributed by atoms with van der Waals surface area (Å²) in [6.45, 7) is 0.639. The van der Waals surface area contributed by atoms with Gasteiger partial charge < -0.3 is 19.5 Å². The Hall–Kier alpha value is -1.11. The zero-order valence-corrected chi connectivity index (χ0v) is 8.31. The van der Waals surface area contributed by atoms with Crippen LogP contribution < -0.4 is 10.2 Å². The molecule has 15 heavy (non-hydrogen) atoms. The molecule has 0 radical (unpaired) electrons. The summed E-state index contributed by atoms with van der Waals surface area (Å²) in [5.74, 6) is -0.305. The van der Waals surface area contributed by atoms with Crippen LogP contribution in [0.15, 0.2) is 18.2 Å². The number of hydrogen-bond donors (Lipinski definition) is 2. The summed E-state index contributed by atoms with van der Waals surface area (Å²) in [5.41, 5.74) is 0.00565. The molecule has 0 bridgehead atoms. The lowest BCUT2D eigenvalue weighted by Gasteiger charge is -2.10. The van der Waals surface area contributed by atoms with Crippen molar-refractivity contribution in [2.24, 2.45) is 0 Å². The first-order chi connectivity index (χ1) is 7.15. The van der Waals surface area contributed by atoms with E-state index in [1.165, 1.54) is 19.2 Å². The molecule has 6 heteroatoms. The first-order valence-electron chi connectivity index (χ1n) is 4.42. The van der Waals surface area contributed by atoms with Crippen molar-refractivity contribution in [1.29, 1.82) is 0 Å². The Morgan fingerprint density at radius 1 is 1.33 bits per heavy atom. The second-order valence-corrected chi connectivity index (χ2v) is 2.90. The molecule has 0 atom stereocenters. The number of hydrogen-bond acceptors (Lipinski definition) is 4. The minimum absolute atomic E-state index is 0.00565. The second-order valence-electron chi connectivity index (χ2n) is 2.90. The minimum atomic E-state index is -1.75. The van der Waals surface area contributed by atoms with Crippen LogP contribution in [-0.2, 0) is 4.74 Å². The lowest BCUT2D eigenvalue weighted by atomic mass is 9.79. The number of benzene rings is 1. The molecule has 0 heterocycles. The molecule has 0 aromatic heterocycles. The van der Waals surface area contributed by atoms with Gasteiger partial charge in [-0.3, -0.25) is 0 Å². The van der Waals surface area contributed by atoms with E-state index >= 15 is 0 Å². The first kappa shape index (κ1) is 12.0. The normalized spacial score (nSPS) is 10.1. The summed E-state index contributed by atoms with van der Waals surface area (Å²) in [6.07, 6.45) is 0. The van der Waals surface area contributed by atoms with Crippen molar-refractivity contribution in [3.8, 4) is 5.75 Å². The highest BCUT2D eigenvalue weighted by Crippen LogP contribution is 2.09. The third kappa shape index (κ3) is 3.51. The van der Waals surface area contributed by atoms with Crippen LogP contribution >= 0.6 is 0 Å². The Balaban J connectivity index is 2.77. The van der Waals surface area contributed by atoms with Crippen LogP contribution in [0.5, 0.6) is 5.75 Å². The molecule has 1 aromatic carbocycles. The van der Waals surface area contributed by atoms with Gasteiger partial charge >= 0.3 is 7.12 Å². The molecule has 1 rings (SSSR count). The summed E-state index contributed by atoms with van der Waals surface area (Å²) in [4.78, 5) is 0. The fraction of sp³-hybridized carbons (Fsp3) is 0.333. The Kier molecular flexibility index (Phi) is 4.55. The van der Waals surface area contributed by atoms with Gasteiger partial charge in [0.05, 0.1) is 6.61 Å². The molecule has 0 saturated heterocycles. The van der Waals surface area contributed by atoms with Crippen LogP contribution in [0, 0.1) is 5.82 Å². The summed E-state index contributed by atoms with van der Waals surface area (Å²) in [5, 5.41) is 17.9. The lowest BCUT2D eigenvalue weighted by molar-refractivity contribution is 0.146. The van der Waals surface area contributed by atoms with E-state index < -0.39 is 12.9 Å². The molecule has 0 fully saturated rings. The molecule has 1 aromatic rings. The fourth-order valence-corrected chi connectivity index (χ4v) is 1.09. The van der Waals surface area contributed by atoms with Crippen LogP contribution in [0.1, 0.15) is 0 Å². The van der Waals surface area contributed by atoms with E-state index in [0.717, 1.165) is 6.07 Å². The van der Waals surface area contributed by atoms with Crippen LogP contribution in [0.3, 0.4) is 0 Å². The smallest absolute Gasteiger partial charge is 0.492 e. The first-order valence-corrected chi connectivity index (χ1v) is 4.42. The third-order valence-corrected chi connectivity index (χ3v) is 1.80. The lowest BCUT2D eigenvalue weighted by Crippen LogP contribution is -2.32. The Morgan fingerprint density at radius 2 is 2.07 bits per heavy atom. The van der Waals surface area contributed by atoms with Crippen molar-refractivity contribution in [2.45, 2.75) is 0 Å². The zero-order valence-electron chi connectivity index (χ0n) is 8.31. The second kappa shape index (κ2) is 5.70. The standard InChI is InChI=1S/C9H12BFO4/c1-14-4-5-15-9-3-2-7(11)6-8(9)10(12)13/h2-3,6,12-13H,4-5H2,1H3. The van der Waals surface area contributed by atoms with Gasteiger partial charge in [-0.25, -0.2) is 4.39 Å². The molecule has 0 amide bonds. The summed E-state index contributed by atoms with van der Waals surface area (Å²) in [7, 11) is -0.228. The maximum Gasteiger partial charge on any atom is 0.492 e. The van der Waals surface area contributed by atoms with Gasteiger partial charge in [-0.05, 0) is 18.2 Å². The molecule has 4 nitrogen and oxygen atoms in total. The van der Waals surface area contributed by atoms with Gasteiger partial charge in [0.1, 0.15) is 18.2 Å². The molecule has 0 saturated carbocycles. The van der Waals surface area contributed by atoms with E-state index in [2.05, 4.69) is 0 Å². The van der Waals surface area contributed by atoms with Crippen LogP contribution in [0.25, 0.3) is 0 Å². The van der Waals surface area contributed by atoms with Crippen molar-refractivity contribution in [3.05, 3.63) is 24.0 Å². The van der Waals surface area contributed by atoms with Gasteiger partial charge in [0.15, 0.2) is 0 Å². The van der Waals surface area contributed by atoms with Gasteiger partial charge in [-0.15, -0.1) is 0 Å². The van der Waals surface area contributed by atoms with E-state index in [-0.39, 0.29) is 17.8 Å². The van der Waals surface area contributed by atoms with E-state index in [9.17, 15) is 4.39 Å². The molecule has 0 unspecified atom stereocenters. The van der Waals surface area contributed by atoms with E-state index in [4.69, 9.17) is 19.5 Å². The molecule has 0 aliphatic heterocycles. The average Bonchev–Trinajstić information content (AvgIpc) is 2.20. The summed E-state index contributed by atoms with van der Waals surface area (Å²) < 4.78 is 22.7. The molecule has 0 aliphatic rings. The maximum absolute atomic E-state index is 12.8. The number of halogens is 1. The minimum Gasteiger partial charge on any atom is -0.492 e. The van der Waals surface area contributed by atoms with Crippen molar-refractivity contribution in [2.75, 3.05) is 20.3 Å². The van der Waals surface area contributed by atoms with Gasteiger partial charge in [-0.1, -0.05) is 0 Å². The van der Waals surface area contributed by atoms with Gasteiger partial charge in [0.25, 0.3) is 0 Å². The maximum atomic E-state index is 12.8. The number of rotatable bonds is 5. The zero-order chi connectivity index (χ0) is 11.3. The average molecular weight is 214 g/mol. The third-order valence-electron chi connectivity index (χ3n) is 1.80. The molecule has 2 N–H and O–H groups in total. The van der Waals surface area contributed by atoms with Crippen LogP contribution in [0.4, 0.5) is 4.39 Å². The van der Waals surface area contributed by atoms with Crippen molar-refractivity contribution in [3.63, 3.8) is 0 Å². The fourth-order valence-electron chi connectivity index (χ4n) is 1.09. The quantitative estimate of drug-likeness (QED) is 0.513. The number of ether oxygens (including phenoxy) is 2. The van der Waals surface area contributed by atoms with Crippen LogP contribution in [0.2, 0.25) is 0 Å². The van der Waals surface area contributed by atoms with E-state index in [0.29, 0.717) is 6.61 Å². The highest BCUT2D eigenvalue weighted by Gasteiger charge is 2.17. The SMILES string of the molecule is COCCOc1ccc(F)cc1B(O)O. The van der Waals surface area contributed by atoms with Crippen molar-refractivity contribution < 1.29 is 23.9 Å². The Labute approximate surface area is 87.4 Å². The van der Waals surface area contributed by atoms with Gasteiger partial charge in [-0.2, -0.15) is 0 Å². The monoisotopic (exact) mass is 214 g/mol. The van der Waals surface area contributed by atoms with Gasteiger partial charge in [0, 0.05) is 12.6 Å². The Morgan fingerprint density at radius 3 is 2.67 bits per heavy atom. The molecular formula is C9H12BFO4. The van der Waals surface area contributed by atoms with E-state index in [1.807, 2.05) is 0 Å². The summed E-state index contributed by atoms with van der Waals surface area (Å²) >= 11 is 0. The number of methoxy groups -OCH3 is 1. The predicted molar refractivity (Wildman–Crippen MR) is 53.6 cm³/mol. The molecule has 0 spiro atoms. The highest BCUT2D eigenvalue weighted by molar-refractivity contribution is 6.59. The van der Waals surface area contributed by atoms with Crippen molar-refractivity contribution in [1.82, 2.24) is 0 Å². The highest BCUT2D eigenvalue weighted by atomic mass is 19.1. The topological polar surface area (TPSA) is 58.9 Å². The van der Waals surface area contributed by atoms with Crippen molar-refractivity contribution >= 4 is 12.6 Å². The molecule has 0 aliphatic carbocycles. The molecular weight excluding hydrogens is 202 g/mol. The largest absolute Gasteiger partial charge is 0.492 e. The summed E-state index contributed by atoms with van der Waals surface area (Å²) in [6, 6.07) is 3.56. The Bertz CT molecular complexity index is 319. The van der Waals surface area contributed by atoms with Gasteiger partial charge in [0.2, 0.25) is 0 Å². The van der Waals surface area contributed by atoms with Crippen LogP contribution in [-0.4, -0.2) is 37.5 Å². The predicted octanol–water partition coefficient (Wildman–Crippen LogP) is -0.469.